The Bertz CT molecular complexity index is 204. The molecule has 3 N–H and O–H groups in total. The maximum atomic E-state index is 5.69. The van der Waals surface area contributed by atoms with Crippen molar-refractivity contribution in [2.45, 2.75) is 64.0 Å². The number of hydrazine groups is 1. The molecule has 0 aromatic rings. The summed E-state index contributed by atoms with van der Waals surface area (Å²) in [6.07, 6.45) is 9.43. The Labute approximate surface area is 99.1 Å². The third-order valence-corrected chi connectivity index (χ3v) is 4.34. The molecule has 2 aliphatic rings. The monoisotopic (exact) mass is 226 g/mol. The van der Waals surface area contributed by atoms with Crippen LogP contribution in [0.15, 0.2) is 0 Å². The summed E-state index contributed by atoms with van der Waals surface area (Å²) in [5.41, 5.74) is 3.03. The number of ether oxygens (including phenoxy) is 1. The quantitative estimate of drug-likeness (QED) is 0.558. The van der Waals surface area contributed by atoms with E-state index in [1.54, 1.807) is 0 Å². The zero-order valence-electron chi connectivity index (χ0n) is 10.5. The Morgan fingerprint density at radius 1 is 1.38 bits per heavy atom. The first-order chi connectivity index (χ1) is 7.79. The van der Waals surface area contributed by atoms with E-state index in [-0.39, 0.29) is 0 Å². The van der Waals surface area contributed by atoms with Gasteiger partial charge in [0.2, 0.25) is 0 Å². The lowest BCUT2D eigenvalue weighted by Gasteiger charge is -2.24. The Morgan fingerprint density at radius 3 is 2.81 bits per heavy atom. The van der Waals surface area contributed by atoms with Gasteiger partial charge in [0.25, 0.3) is 0 Å². The Kier molecular flexibility index (Phi) is 4.62. The van der Waals surface area contributed by atoms with Crippen LogP contribution in [0.4, 0.5) is 0 Å². The lowest BCUT2D eigenvalue weighted by molar-refractivity contribution is 0.0971. The maximum Gasteiger partial charge on any atom is 0.0576 e. The van der Waals surface area contributed by atoms with E-state index in [1.807, 2.05) is 0 Å². The second kappa shape index (κ2) is 5.99. The highest BCUT2D eigenvalue weighted by atomic mass is 16.5. The predicted octanol–water partition coefficient (Wildman–Crippen LogP) is 2.21. The normalized spacial score (nSPS) is 36.8. The fourth-order valence-corrected chi connectivity index (χ4v) is 3.31. The van der Waals surface area contributed by atoms with E-state index >= 15 is 0 Å². The van der Waals surface area contributed by atoms with Gasteiger partial charge >= 0.3 is 0 Å². The minimum absolute atomic E-state index is 0.508. The molecule has 2 fully saturated rings. The third-order valence-electron chi connectivity index (χ3n) is 4.34. The van der Waals surface area contributed by atoms with Crippen molar-refractivity contribution < 1.29 is 4.74 Å². The van der Waals surface area contributed by atoms with Gasteiger partial charge in [0.1, 0.15) is 0 Å². The van der Waals surface area contributed by atoms with Crippen LogP contribution in [0.25, 0.3) is 0 Å². The van der Waals surface area contributed by atoms with Crippen molar-refractivity contribution in [3.8, 4) is 0 Å². The predicted molar refractivity (Wildman–Crippen MR) is 65.8 cm³/mol. The van der Waals surface area contributed by atoms with Crippen LogP contribution in [0.3, 0.4) is 0 Å². The highest BCUT2D eigenvalue weighted by molar-refractivity contribution is 4.83. The van der Waals surface area contributed by atoms with E-state index in [2.05, 4.69) is 12.3 Å². The molecule has 4 unspecified atom stereocenters. The topological polar surface area (TPSA) is 47.3 Å². The minimum atomic E-state index is 0.508. The summed E-state index contributed by atoms with van der Waals surface area (Å²) in [6.45, 7) is 3.32. The molecule has 1 aliphatic carbocycles. The molecule has 0 amide bonds. The van der Waals surface area contributed by atoms with Crippen molar-refractivity contribution in [3.63, 3.8) is 0 Å². The van der Waals surface area contributed by atoms with E-state index in [0.29, 0.717) is 12.1 Å². The maximum absolute atomic E-state index is 5.69. The van der Waals surface area contributed by atoms with Crippen molar-refractivity contribution >= 4 is 0 Å². The molecule has 1 aliphatic heterocycles. The molecule has 1 saturated heterocycles. The van der Waals surface area contributed by atoms with E-state index in [9.17, 15) is 0 Å². The lowest BCUT2D eigenvalue weighted by atomic mass is 9.92. The first-order valence-corrected chi connectivity index (χ1v) is 6.87. The van der Waals surface area contributed by atoms with Gasteiger partial charge in [-0.3, -0.25) is 11.3 Å². The van der Waals surface area contributed by atoms with Crippen LogP contribution in [0.1, 0.15) is 51.9 Å². The Hall–Kier alpha value is -0.120. The molecule has 94 valence electrons. The highest BCUT2D eigenvalue weighted by Gasteiger charge is 2.28. The molecule has 1 saturated carbocycles. The number of hydrogen-bond acceptors (Lipinski definition) is 3. The lowest BCUT2D eigenvalue weighted by Crippen LogP contribution is -2.40. The fraction of sp³-hybridized carbons (Fsp3) is 1.00. The molecule has 3 heteroatoms. The summed E-state index contributed by atoms with van der Waals surface area (Å²) >= 11 is 0. The Morgan fingerprint density at radius 2 is 2.25 bits per heavy atom. The van der Waals surface area contributed by atoms with Crippen LogP contribution >= 0.6 is 0 Å². The van der Waals surface area contributed by atoms with Crippen molar-refractivity contribution in [1.29, 1.82) is 0 Å². The first kappa shape index (κ1) is 12.3. The Balaban J connectivity index is 1.72. The number of nitrogens with two attached hydrogens (primary N) is 1. The molecule has 0 spiro atoms. The zero-order chi connectivity index (χ0) is 11.4. The summed E-state index contributed by atoms with van der Waals surface area (Å²) in [5, 5.41) is 0. The fourth-order valence-electron chi connectivity index (χ4n) is 3.31. The molecular weight excluding hydrogens is 200 g/mol. The molecule has 0 radical (unpaired) electrons. The van der Waals surface area contributed by atoms with Gasteiger partial charge in [-0.2, -0.15) is 0 Å². The number of nitrogens with one attached hydrogen (secondary N) is 1. The summed E-state index contributed by atoms with van der Waals surface area (Å²) in [5.74, 6) is 7.38. The van der Waals surface area contributed by atoms with Crippen LogP contribution in [0, 0.1) is 11.8 Å². The molecule has 3 nitrogen and oxygen atoms in total. The SMILES string of the molecule is CC1CCC(C(CCC2CCCO2)NN)C1. The van der Waals surface area contributed by atoms with Crippen LogP contribution in [-0.2, 0) is 4.74 Å². The minimum Gasteiger partial charge on any atom is -0.378 e. The van der Waals surface area contributed by atoms with Crippen molar-refractivity contribution in [2.24, 2.45) is 17.7 Å². The largest absolute Gasteiger partial charge is 0.378 e. The van der Waals surface area contributed by atoms with Gasteiger partial charge < -0.3 is 4.74 Å². The second-order valence-electron chi connectivity index (χ2n) is 5.66. The van der Waals surface area contributed by atoms with Gasteiger partial charge in [0, 0.05) is 12.6 Å². The highest BCUT2D eigenvalue weighted by Crippen LogP contribution is 2.34. The van der Waals surface area contributed by atoms with Gasteiger partial charge in [0.05, 0.1) is 6.10 Å². The van der Waals surface area contributed by atoms with Crippen molar-refractivity contribution in [2.75, 3.05) is 6.61 Å². The van der Waals surface area contributed by atoms with E-state index in [0.717, 1.165) is 18.4 Å². The molecular formula is C13H26N2O. The summed E-state index contributed by atoms with van der Waals surface area (Å²) in [7, 11) is 0. The summed E-state index contributed by atoms with van der Waals surface area (Å²) in [6, 6.07) is 0.508. The molecule has 0 bridgehead atoms. The van der Waals surface area contributed by atoms with Crippen LogP contribution in [-0.4, -0.2) is 18.8 Å². The summed E-state index contributed by atoms with van der Waals surface area (Å²) in [4.78, 5) is 0. The first-order valence-electron chi connectivity index (χ1n) is 6.87. The molecule has 16 heavy (non-hydrogen) atoms. The molecule has 0 aromatic heterocycles. The van der Waals surface area contributed by atoms with Gasteiger partial charge in [-0.05, 0) is 50.4 Å². The number of hydrogen-bond donors (Lipinski definition) is 2. The molecule has 1 heterocycles. The summed E-state index contributed by atoms with van der Waals surface area (Å²) < 4.78 is 5.66. The van der Waals surface area contributed by atoms with Crippen LogP contribution in [0.2, 0.25) is 0 Å². The van der Waals surface area contributed by atoms with E-state index in [4.69, 9.17) is 10.6 Å². The third kappa shape index (κ3) is 3.19. The average Bonchev–Trinajstić information content (AvgIpc) is 2.91. The standard InChI is InChI=1S/C13H26N2O/c1-10-4-5-11(9-10)13(15-14)7-6-12-3-2-8-16-12/h10-13,15H,2-9,14H2,1H3. The van der Waals surface area contributed by atoms with Gasteiger partial charge in [-0.1, -0.05) is 13.3 Å². The molecule has 2 rings (SSSR count). The zero-order valence-corrected chi connectivity index (χ0v) is 10.5. The van der Waals surface area contributed by atoms with E-state index < -0.39 is 0 Å². The molecule has 0 aromatic carbocycles. The molecule has 4 atom stereocenters. The van der Waals surface area contributed by atoms with Crippen molar-refractivity contribution in [1.82, 2.24) is 5.43 Å². The smallest absolute Gasteiger partial charge is 0.0576 e. The van der Waals surface area contributed by atoms with Gasteiger partial charge in [-0.25, -0.2) is 0 Å². The second-order valence-corrected chi connectivity index (χ2v) is 5.66. The van der Waals surface area contributed by atoms with Crippen LogP contribution < -0.4 is 11.3 Å². The number of rotatable bonds is 5. The van der Waals surface area contributed by atoms with Gasteiger partial charge in [0.15, 0.2) is 0 Å². The van der Waals surface area contributed by atoms with Crippen LogP contribution in [0.5, 0.6) is 0 Å². The van der Waals surface area contributed by atoms with Crippen molar-refractivity contribution in [3.05, 3.63) is 0 Å². The van der Waals surface area contributed by atoms with Gasteiger partial charge in [-0.15, -0.1) is 0 Å². The van der Waals surface area contributed by atoms with E-state index in [1.165, 1.54) is 44.9 Å². The average molecular weight is 226 g/mol.